The van der Waals surface area contributed by atoms with Gasteiger partial charge in [-0.15, -0.1) is 0 Å². The molecule has 2 N–H and O–H groups in total. The summed E-state index contributed by atoms with van der Waals surface area (Å²) >= 11 is 6.41. The quantitative estimate of drug-likeness (QED) is 0.792. The van der Waals surface area contributed by atoms with Crippen molar-refractivity contribution in [2.75, 3.05) is 0 Å². The number of aromatic nitrogens is 2. The van der Waals surface area contributed by atoms with Crippen LogP contribution in [-0.2, 0) is 6.42 Å². The van der Waals surface area contributed by atoms with Gasteiger partial charge in [-0.2, -0.15) is 0 Å². The second kappa shape index (κ2) is 5.88. The normalized spacial score (nSPS) is 12.7. The van der Waals surface area contributed by atoms with Crippen LogP contribution in [0.25, 0.3) is 16.7 Å². The van der Waals surface area contributed by atoms with Crippen LogP contribution in [0.3, 0.4) is 0 Å². The minimum absolute atomic E-state index is 0.155. The molecule has 3 aromatic rings. The fraction of sp³-hybridized carbons (Fsp3) is 0.235. The maximum atomic E-state index is 6.41. The molecule has 0 aliphatic heterocycles. The van der Waals surface area contributed by atoms with Crippen LogP contribution in [0.2, 0.25) is 5.02 Å². The predicted molar refractivity (Wildman–Crippen MR) is 88.1 cm³/mol. The fourth-order valence-corrected chi connectivity index (χ4v) is 2.70. The van der Waals surface area contributed by atoms with Gasteiger partial charge in [-0.1, -0.05) is 36.7 Å². The minimum atomic E-state index is 0.155. The van der Waals surface area contributed by atoms with Crippen molar-refractivity contribution in [1.29, 1.82) is 0 Å². The number of hydrogen-bond donors (Lipinski definition) is 1. The highest BCUT2D eigenvalue weighted by Crippen LogP contribution is 2.24. The molecule has 0 saturated heterocycles. The highest BCUT2D eigenvalue weighted by Gasteiger charge is 2.09. The molecule has 1 atom stereocenters. The predicted octanol–water partition coefficient (Wildman–Crippen LogP) is 3.96. The van der Waals surface area contributed by atoms with Gasteiger partial charge in [0.1, 0.15) is 6.33 Å². The van der Waals surface area contributed by atoms with Gasteiger partial charge in [0.15, 0.2) is 0 Å². The van der Waals surface area contributed by atoms with Crippen LogP contribution >= 0.6 is 11.6 Å². The second-order valence-corrected chi connectivity index (χ2v) is 5.66. The molecule has 0 spiro atoms. The lowest BCUT2D eigenvalue weighted by molar-refractivity contribution is 0.646. The lowest BCUT2D eigenvalue weighted by Gasteiger charge is -2.12. The zero-order chi connectivity index (χ0) is 14.8. The molecule has 0 fully saturated rings. The molecule has 0 bridgehead atoms. The molecule has 3 rings (SSSR count). The summed E-state index contributed by atoms with van der Waals surface area (Å²) in [6, 6.07) is 14.3. The monoisotopic (exact) mass is 299 g/mol. The van der Waals surface area contributed by atoms with Crippen molar-refractivity contribution >= 4 is 22.6 Å². The van der Waals surface area contributed by atoms with E-state index in [1.54, 1.807) is 0 Å². The third-order valence-corrected chi connectivity index (χ3v) is 4.13. The van der Waals surface area contributed by atoms with Gasteiger partial charge in [-0.3, -0.25) is 4.57 Å². The first-order valence-corrected chi connectivity index (χ1v) is 7.53. The first-order chi connectivity index (χ1) is 10.2. The van der Waals surface area contributed by atoms with Gasteiger partial charge in [0.25, 0.3) is 0 Å². The second-order valence-electron chi connectivity index (χ2n) is 5.25. The molecule has 0 radical (unpaired) electrons. The zero-order valence-electron chi connectivity index (χ0n) is 12.0. The third kappa shape index (κ3) is 2.80. The number of halogens is 1. The highest BCUT2D eigenvalue weighted by molar-refractivity contribution is 6.31. The van der Waals surface area contributed by atoms with Gasteiger partial charge in [0.2, 0.25) is 0 Å². The number of nitrogens with two attached hydrogens (primary N) is 1. The first kappa shape index (κ1) is 14.1. The van der Waals surface area contributed by atoms with E-state index in [9.17, 15) is 0 Å². The molecule has 2 aromatic carbocycles. The molecule has 3 nitrogen and oxygen atoms in total. The Balaban J connectivity index is 1.98. The van der Waals surface area contributed by atoms with E-state index >= 15 is 0 Å². The molecule has 21 heavy (non-hydrogen) atoms. The van der Waals surface area contributed by atoms with Gasteiger partial charge in [0, 0.05) is 16.8 Å². The SMILES string of the molecule is CCC(N)Cc1ccc(-n2cnc3ccccc32)cc1Cl. The summed E-state index contributed by atoms with van der Waals surface area (Å²) in [5, 5.41) is 0.759. The Bertz CT molecular complexity index is 764. The number of rotatable bonds is 4. The van der Waals surface area contributed by atoms with Gasteiger partial charge in [-0.25, -0.2) is 4.98 Å². The van der Waals surface area contributed by atoms with E-state index in [0.717, 1.165) is 40.1 Å². The topological polar surface area (TPSA) is 43.8 Å². The largest absolute Gasteiger partial charge is 0.327 e. The number of benzene rings is 2. The average molecular weight is 300 g/mol. The molecule has 0 saturated carbocycles. The van der Waals surface area contributed by atoms with E-state index in [1.165, 1.54) is 0 Å². The lowest BCUT2D eigenvalue weighted by Crippen LogP contribution is -2.21. The van der Waals surface area contributed by atoms with Crippen molar-refractivity contribution in [1.82, 2.24) is 9.55 Å². The van der Waals surface area contributed by atoms with Crippen LogP contribution in [0, 0.1) is 0 Å². The zero-order valence-corrected chi connectivity index (χ0v) is 12.7. The number of para-hydroxylation sites is 2. The Morgan fingerprint density at radius 1 is 1.24 bits per heavy atom. The van der Waals surface area contributed by atoms with E-state index < -0.39 is 0 Å². The molecular weight excluding hydrogens is 282 g/mol. The van der Waals surface area contributed by atoms with E-state index in [4.69, 9.17) is 17.3 Å². The molecule has 0 amide bonds. The molecule has 0 aliphatic carbocycles. The van der Waals surface area contributed by atoms with E-state index in [1.807, 2.05) is 35.2 Å². The minimum Gasteiger partial charge on any atom is -0.327 e. The first-order valence-electron chi connectivity index (χ1n) is 7.15. The molecule has 1 heterocycles. The molecule has 1 aromatic heterocycles. The van der Waals surface area contributed by atoms with Crippen molar-refractivity contribution in [3.05, 3.63) is 59.4 Å². The van der Waals surface area contributed by atoms with Crippen LogP contribution in [0.15, 0.2) is 48.8 Å². The fourth-order valence-electron chi connectivity index (χ4n) is 2.44. The van der Waals surface area contributed by atoms with Gasteiger partial charge < -0.3 is 5.73 Å². The Hall–Kier alpha value is -1.84. The summed E-state index contributed by atoms with van der Waals surface area (Å²) in [6.07, 6.45) is 3.58. The average Bonchev–Trinajstić information content (AvgIpc) is 2.93. The third-order valence-electron chi connectivity index (χ3n) is 3.77. The highest BCUT2D eigenvalue weighted by atomic mass is 35.5. The van der Waals surface area contributed by atoms with Crippen molar-refractivity contribution in [2.45, 2.75) is 25.8 Å². The van der Waals surface area contributed by atoms with Crippen LogP contribution in [0.5, 0.6) is 0 Å². The van der Waals surface area contributed by atoms with Crippen molar-refractivity contribution in [3.8, 4) is 5.69 Å². The van der Waals surface area contributed by atoms with Crippen molar-refractivity contribution in [3.63, 3.8) is 0 Å². The van der Waals surface area contributed by atoms with Crippen molar-refractivity contribution in [2.24, 2.45) is 5.73 Å². The smallest absolute Gasteiger partial charge is 0.100 e. The number of nitrogens with zero attached hydrogens (tertiary/aromatic N) is 2. The maximum absolute atomic E-state index is 6.41. The maximum Gasteiger partial charge on any atom is 0.100 e. The van der Waals surface area contributed by atoms with Crippen molar-refractivity contribution < 1.29 is 0 Å². The number of fused-ring (bicyclic) bond motifs is 1. The summed E-state index contributed by atoms with van der Waals surface area (Å²) < 4.78 is 2.05. The van der Waals surface area contributed by atoms with Crippen LogP contribution < -0.4 is 5.73 Å². The molecular formula is C17H18ClN3. The Morgan fingerprint density at radius 2 is 2.05 bits per heavy atom. The lowest BCUT2D eigenvalue weighted by atomic mass is 10.0. The summed E-state index contributed by atoms with van der Waals surface area (Å²) in [4.78, 5) is 4.41. The van der Waals surface area contributed by atoms with E-state index in [0.29, 0.717) is 0 Å². The Morgan fingerprint density at radius 3 is 2.81 bits per heavy atom. The number of imidazole rings is 1. The van der Waals surface area contributed by atoms with Gasteiger partial charge in [0.05, 0.1) is 11.0 Å². The summed E-state index contributed by atoms with van der Waals surface area (Å²) in [5.74, 6) is 0. The van der Waals surface area contributed by atoms with Crippen LogP contribution in [0.4, 0.5) is 0 Å². The summed E-state index contributed by atoms with van der Waals surface area (Å²) in [6.45, 7) is 2.09. The Labute approximate surface area is 129 Å². The standard InChI is InChI=1S/C17H18ClN3/c1-2-13(19)9-12-7-8-14(10-15(12)18)21-11-20-16-5-3-4-6-17(16)21/h3-8,10-11,13H,2,9,19H2,1H3. The van der Waals surface area contributed by atoms with Crippen LogP contribution in [0.1, 0.15) is 18.9 Å². The van der Waals surface area contributed by atoms with E-state index in [-0.39, 0.29) is 6.04 Å². The molecule has 4 heteroatoms. The van der Waals surface area contributed by atoms with Crippen LogP contribution in [-0.4, -0.2) is 15.6 Å². The summed E-state index contributed by atoms with van der Waals surface area (Å²) in [7, 11) is 0. The molecule has 108 valence electrons. The van der Waals surface area contributed by atoms with Gasteiger partial charge >= 0.3 is 0 Å². The Kier molecular flexibility index (Phi) is 3.95. The summed E-state index contributed by atoms with van der Waals surface area (Å²) in [5.41, 5.74) is 10.2. The number of hydrogen-bond acceptors (Lipinski definition) is 2. The molecule has 0 aliphatic rings. The van der Waals surface area contributed by atoms with Gasteiger partial charge in [-0.05, 0) is 42.7 Å². The van der Waals surface area contributed by atoms with E-state index in [2.05, 4.69) is 30.1 Å². The molecule has 1 unspecified atom stereocenters.